The van der Waals surface area contributed by atoms with Gasteiger partial charge in [0, 0.05) is 13.0 Å². The predicted molar refractivity (Wildman–Crippen MR) is 82.7 cm³/mol. The van der Waals surface area contributed by atoms with E-state index in [-0.39, 0.29) is 18.0 Å². The second-order valence-electron chi connectivity index (χ2n) is 4.25. The number of rotatable bonds is 6. The van der Waals surface area contributed by atoms with Crippen molar-refractivity contribution < 1.29 is 8.42 Å². The van der Waals surface area contributed by atoms with Crippen LogP contribution in [0.3, 0.4) is 0 Å². The first kappa shape index (κ1) is 16.2. The average Bonchev–Trinajstić information content (AvgIpc) is 2.42. The van der Waals surface area contributed by atoms with Gasteiger partial charge in [0.15, 0.2) is 0 Å². The van der Waals surface area contributed by atoms with Gasteiger partial charge in [-0.05, 0) is 19.1 Å². The molecule has 0 atom stereocenters. The van der Waals surface area contributed by atoms with E-state index in [4.69, 9.17) is 0 Å². The molecule has 1 aromatic carbocycles. The molecule has 0 bridgehead atoms. The fraction of sp³-hybridized carbons (Fsp3) is 0.250. The van der Waals surface area contributed by atoms with Crippen molar-refractivity contribution >= 4 is 10.0 Å². The first-order valence-electron chi connectivity index (χ1n) is 6.26. The summed E-state index contributed by atoms with van der Waals surface area (Å²) in [5.41, 5.74) is 1.02. The molecule has 0 unspecified atom stereocenters. The van der Waals surface area contributed by atoms with Gasteiger partial charge in [-0.2, -0.15) is 4.31 Å². The van der Waals surface area contributed by atoms with E-state index in [0.29, 0.717) is 6.42 Å². The van der Waals surface area contributed by atoms with Crippen molar-refractivity contribution in [2.45, 2.75) is 18.2 Å². The van der Waals surface area contributed by atoms with Crippen LogP contribution in [-0.4, -0.2) is 25.8 Å². The maximum absolute atomic E-state index is 12.5. The number of nitrogens with zero attached hydrogens (tertiary/aromatic N) is 1. The lowest BCUT2D eigenvalue weighted by Gasteiger charge is -2.18. The van der Waals surface area contributed by atoms with Gasteiger partial charge in [0.05, 0.1) is 11.4 Å². The van der Waals surface area contributed by atoms with Gasteiger partial charge >= 0.3 is 0 Å². The Morgan fingerprint density at radius 2 is 1.80 bits per heavy atom. The largest absolute Gasteiger partial charge is 0.244 e. The zero-order chi connectivity index (χ0) is 15.0. The fourth-order valence-corrected chi connectivity index (χ4v) is 2.85. The van der Waals surface area contributed by atoms with Gasteiger partial charge in [-0.15, -0.1) is 13.2 Å². The third kappa shape index (κ3) is 4.37. The molecule has 0 saturated carbocycles. The van der Waals surface area contributed by atoms with Gasteiger partial charge < -0.3 is 0 Å². The fourth-order valence-electron chi connectivity index (χ4n) is 1.54. The van der Waals surface area contributed by atoms with Crippen molar-refractivity contribution in [1.29, 1.82) is 0 Å². The number of aryl methyl sites for hydroxylation is 1. The summed E-state index contributed by atoms with van der Waals surface area (Å²) in [6.07, 6.45) is 3.78. The molecule has 0 aromatic heterocycles. The monoisotopic (exact) mass is 289 g/mol. The third-order valence-electron chi connectivity index (χ3n) is 2.62. The average molecular weight is 289 g/mol. The van der Waals surface area contributed by atoms with Crippen LogP contribution in [-0.2, 0) is 10.0 Å². The minimum absolute atomic E-state index is 0.149. The van der Waals surface area contributed by atoms with Crippen LogP contribution >= 0.6 is 0 Å². The summed E-state index contributed by atoms with van der Waals surface area (Å²) < 4.78 is 26.3. The SMILES string of the molecule is C=CCC#CCN(CC=C)S(=O)(=O)c1ccc(C)cc1. The molecule has 0 aliphatic heterocycles. The molecule has 20 heavy (non-hydrogen) atoms. The quantitative estimate of drug-likeness (QED) is 0.596. The Morgan fingerprint density at radius 1 is 1.15 bits per heavy atom. The van der Waals surface area contributed by atoms with E-state index < -0.39 is 10.0 Å². The Bertz CT molecular complexity index is 619. The van der Waals surface area contributed by atoms with Gasteiger partial charge in [0.1, 0.15) is 0 Å². The lowest BCUT2D eigenvalue weighted by atomic mass is 10.2. The minimum Gasteiger partial charge on any atom is -0.207 e. The van der Waals surface area contributed by atoms with Crippen LogP contribution in [0.15, 0.2) is 54.5 Å². The zero-order valence-electron chi connectivity index (χ0n) is 11.7. The number of hydrogen-bond donors (Lipinski definition) is 0. The molecule has 0 heterocycles. The smallest absolute Gasteiger partial charge is 0.207 e. The van der Waals surface area contributed by atoms with Crippen molar-refractivity contribution in [3.63, 3.8) is 0 Å². The first-order chi connectivity index (χ1) is 9.52. The highest BCUT2D eigenvalue weighted by Gasteiger charge is 2.22. The Hall–Kier alpha value is -1.83. The standard InChI is InChI=1S/C16H19NO2S/c1-4-6-7-8-14-17(13-5-2)20(18,19)16-11-9-15(3)10-12-16/h4-5,9-12H,1-2,6,13-14H2,3H3. The zero-order valence-corrected chi connectivity index (χ0v) is 12.5. The van der Waals surface area contributed by atoms with E-state index >= 15 is 0 Å². The lowest BCUT2D eigenvalue weighted by Crippen LogP contribution is -2.31. The summed E-state index contributed by atoms with van der Waals surface area (Å²) in [5, 5.41) is 0. The molecule has 4 heteroatoms. The highest BCUT2D eigenvalue weighted by atomic mass is 32.2. The van der Waals surface area contributed by atoms with Crippen molar-refractivity contribution in [2.75, 3.05) is 13.1 Å². The number of sulfonamides is 1. The summed E-state index contributed by atoms with van der Waals surface area (Å²) in [6.45, 7) is 9.46. The van der Waals surface area contributed by atoms with E-state index in [1.807, 2.05) is 6.92 Å². The molecule has 0 spiro atoms. The normalized spacial score (nSPS) is 10.7. The third-order valence-corrected chi connectivity index (χ3v) is 4.44. The molecule has 0 amide bonds. The van der Waals surface area contributed by atoms with Gasteiger partial charge in [0.2, 0.25) is 10.0 Å². The van der Waals surface area contributed by atoms with Crippen molar-refractivity contribution in [3.05, 3.63) is 55.1 Å². The number of hydrogen-bond acceptors (Lipinski definition) is 2. The number of allylic oxidation sites excluding steroid dienone is 1. The molecule has 0 saturated heterocycles. The lowest BCUT2D eigenvalue weighted by molar-refractivity contribution is 0.478. The minimum atomic E-state index is -3.53. The summed E-state index contributed by atoms with van der Waals surface area (Å²) >= 11 is 0. The molecule has 0 aliphatic carbocycles. The molecule has 0 fully saturated rings. The van der Waals surface area contributed by atoms with E-state index in [1.165, 1.54) is 4.31 Å². The molecule has 0 radical (unpaired) electrons. The van der Waals surface area contributed by atoms with Crippen molar-refractivity contribution in [3.8, 4) is 11.8 Å². The molecule has 1 rings (SSSR count). The summed E-state index contributed by atoms with van der Waals surface area (Å²) in [5.74, 6) is 5.68. The maximum Gasteiger partial charge on any atom is 0.244 e. The summed E-state index contributed by atoms with van der Waals surface area (Å²) in [7, 11) is -3.53. The first-order valence-corrected chi connectivity index (χ1v) is 7.70. The number of benzene rings is 1. The second-order valence-corrected chi connectivity index (χ2v) is 6.18. The summed E-state index contributed by atoms with van der Waals surface area (Å²) in [6, 6.07) is 6.78. The van der Waals surface area contributed by atoms with Crippen LogP contribution in [0.2, 0.25) is 0 Å². The molecule has 1 aromatic rings. The van der Waals surface area contributed by atoms with Crippen LogP contribution in [0.25, 0.3) is 0 Å². The van der Waals surface area contributed by atoms with Gasteiger partial charge in [0.25, 0.3) is 0 Å². The second kappa shape index (κ2) is 7.68. The van der Waals surface area contributed by atoms with Gasteiger partial charge in [-0.1, -0.05) is 41.7 Å². The highest BCUT2D eigenvalue weighted by Crippen LogP contribution is 2.15. The summed E-state index contributed by atoms with van der Waals surface area (Å²) in [4.78, 5) is 0.274. The van der Waals surface area contributed by atoms with Crippen LogP contribution in [0.1, 0.15) is 12.0 Å². The van der Waals surface area contributed by atoms with Gasteiger partial charge in [-0.25, -0.2) is 8.42 Å². The molecular formula is C16H19NO2S. The maximum atomic E-state index is 12.5. The van der Waals surface area contributed by atoms with E-state index in [2.05, 4.69) is 25.0 Å². The topological polar surface area (TPSA) is 37.4 Å². The van der Waals surface area contributed by atoms with E-state index in [0.717, 1.165) is 5.56 Å². The molecular weight excluding hydrogens is 270 g/mol. The Kier molecular flexibility index (Phi) is 6.23. The van der Waals surface area contributed by atoms with Crippen molar-refractivity contribution in [1.82, 2.24) is 4.31 Å². The van der Waals surface area contributed by atoms with Crippen molar-refractivity contribution in [2.24, 2.45) is 0 Å². The Morgan fingerprint density at radius 3 is 2.35 bits per heavy atom. The van der Waals surface area contributed by atoms with Crippen LogP contribution in [0.5, 0.6) is 0 Å². The molecule has 0 aliphatic rings. The van der Waals surface area contributed by atoms with E-state index in [9.17, 15) is 8.42 Å². The van der Waals surface area contributed by atoms with E-state index in [1.54, 1.807) is 36.4 Å². The Balaban J connectivity index is 3.00. The highest BCUT2D eigenvalue weighted by molar-refractivity contribution is 7.89. The molecule has 3 nitrogen and oxygen atoms in total. The van der Waals surface area contributed by atoms with Crippen LogP contribution in [0, 0.1) is 18.8 Å². The molecule has 106 valence electrons. The predicted octanol–water partition coefficient (Wildman–Crippen LogP) is 2.75. The van der Waals surface area contributed by atoms with Crippen LogP contribution in [0.4, 0.5) is 0 Å². The van der Waals surface area contributed by atoms with Crippen LogP contribution < -0.4 is 0 Å². The molecule has 0 N–H and O–H groups in total. The Labute approximate surface area is 121 Å². The van der Waals surface area contributed by atoms with Gasteiger partial charge in [-0.3, -0.25) is 0 Å².